The molecule has 39 heavy (non-hydrogen) atoms. The van der Waals surface area contributed by atoms with Crippen LogP contribution in [0.2, 0.25) is 5.02 Å². The number of halogens is 5. The number of anilines is 3. The summed E-state index contributed by atoms with van der Waals surface area (Å²) in [7, 11) is -7.95. The minimum atomic E-state index is -4.78. The number of nitrogens with zero attached hydrogens (tertiary/aromatic N) is 1. The van der Waals surface area contributed by atoms with Crippen LogP contribution in [-0.4, -0.2) is 35.5 Å². The fourth-order valence-corrected chi connectivity index (χ4v) is 5.68. The second kappa shape index (κ2) is 11.8. The zero-order chi connectivity index (χ0) is 29.0. The summed E-state index contributed by atoms with van der Waals surface area (Å²) in [5, 5.41) is 1.97. The summed E-state index contributed by atoms with van der Waals surface area (Å²) < 4.78 is 105. The van der Waals surface area contributed by atoms with Crippen molar-refractivity contribution in [1.82, 2.24) is 0 Å². The zero-order valence-corrected chi connectivity index (χ0v) is 22.6. The van der Waals surface area contributed by atoms with Crippen LogP contribution in [0.4, 0.5) is 34.6 Å². The van der Waals surface area contributed by atoms with E-state index in [-0.39, 0.29) is 41.3 Å². The molecule has 0 heterocycles. The van der Waals surface area contributed by atoms with E-state index in [9.17, 15) is 39.2 Å². The number of carbonyl (C=O) groups is 1. The Kier molecular flexibility index (Phi) is 9.13. The molecule has 3 aromatic rings. The van der Waals surface area contributed by atoms with Gasteiger partial charge < -0.3 is 5.32 Å². The van der Waals surface area contributed by atoms with Crippen molar-refractivity contribution in [2.75, 3.05) is 27.1 Å². The van der Waals surface area contributed by atoms with Gasteiger partial charge in [-0.3, -0.25) is 13.8 Å². The van der Waals surface area contributed by atoms with Crippen LogP contribution in [0.15, 0.2) is 71.6 Å². The van der Waals surface area contributed by atoms with Crippen LogP contribution in [0.1, 0.15) is 18.4 Å². The number of sulfonamides is 2. The minimum absolute atomic E-state index is 0.0402. The van der Waals surface area contributed by atoms with Gasteiger partial charge in [-0.2, -0.15) is 13.2 Å². The first-order valence-electron chi connectivity index (χ1n) is 11.1. The summed E-state index contributed by atoms with van der Waals surface area (Å²) in [5.41, 5.74) is -1.05. The molecule has 0 unspecified atom stereocenters. The van der Waals surface area contributed by atoms with E-state index in [0.29, 0.717) is 6.07 Å². The third-order valence-electron chi connectivity index (χ3n) is 5.25. The first-order valence-corrected chi connectivity index (χ1v) is 14.8. The molecular formula is C24H22ClF4N3O5S2. The van der Waals surface area contributed by atoms with Crippen LogP contribution in [0.5, 0.6) is 0 Å². The third kappa shape index (κ3) is 8.31. The van der Waals surface area contributed by atoms with Crippen molar-refractivity contribution in [2.24, 2.45) is 0 Å². The molecule has 0 aliphatic carbocycles. The maximum absolute atomic E-state index is 13.2. The van der Waals surface area contributed by atoms with Gasteiger partial charge in [0.15, 0.2) is 0 Å². The molecular weight excluding hydrogens is 586 g/mol. The van der Waals surface area contributed by atoms with E-state index >= 15 is 0 Å². The van der Waals surface area contributed by atoms with Gasteiger partial charge in [-0.15, -0.1) is 0 Å². The molecule has 0 aromatic heterocycles. The summed E-state index contributed by atoms with van der Waals surface area (Å²) in [6.07, 6.45) is -3.73. The van der Waals surface area contributed by atoms with Crippen molar-refractivity contribution in [2.45, 2.75) is 23.9 Å². The maximum atomic E-state index is 13.2. The normalized spacial score (nSPS) is 12.2. The highest BCUT2D eigenvalue weighted by molar-refractivity contribution is 7.92. The molecule has 8 nitrogen and oxygen atoms in total. The predicted molar refractivity (Wildman–Crippen MR) is 140 cm³/mol. The molecule has 3 rings (SSSR count). The molecule has 0 saturated heterocycles. The minimum Gasteiger partial charge on any atom is -0.326 e. The summed E-state index contributed by atoms with van der Waals surface area (Å²) in [5.74, 6) is -1.00. The molecule has 0 bridgehead atoms. The fourth-order valence-electron chi connectivity index (χ4n) is 3.44. The average molecular weight is 608 g/mol. The van der Waals surface area contributed by atoms with E-state index in [2.05, 4.69) is 10.0 Å². The average Bonchev–Trinajstić information content (AvgIpc) is 2.82. The van der Waals surface area contributed by atoms with E-state index in [0.717, 1.165) is 47.0 Å². The predicted octanol–water partition coefficient (Wildman–Crippen LogP) is 5.48. The lowest BCUT2D eigenvalue weighted by atomic mass is 10.2. The van der Waals surface area contributed by atoms with Crippen molar-refractivity contribution in [3.05, 3.63) is 83.1 Å². The molecule has 0 atom stereocenters. The fraction of sp³-hybridized carbons (Fsp3) is 0.208. The second-order valence-corrected chi connectivity index (χ2v) is 12.3. The number of nitrogens with one attached hydrogen (secondary N) is 2. The number of hydrogen-bond acceptors (Lipinski definition) is 5. The molecule has 3 aromatic carbocycles. The molecule has 0 spiro atoms. The van der Waals surface area contributed by atoms with Gasteiger partial charge in [0.25, 0.3) is 10.0 Å². The summed E-state index contributed by atoms with van der Waals surface area (Å²) in [6, 6.07) is 12.3. The molecule has 0 fully saturated rings. The molecule has 15 heteroatoms. The quantitative estimate of drug-likeness (QED) is 0.296. The summed E-state index contributed by atoms with van der Waals surface area (Å²) >= 11 is 5.55. The Labute approximate surface area is 227 Å². The van der Waals surface area contributed by atoms with Crippen molar-refractivity contribution in [1.29, 1.82) is 0 Å². The molecule has 0 aliphatic heterocycles. The number of amides is 1. The standard InChI is InChI=1S/C24H22ClF4N3O5S2/c1-38(34,35)32(19-9-4-16(26)5-10-19)14-2-3-23(33)30-17-6-11-20(12-7-17)39(36,37)31-18-8-13-22(25)21(15-18)24(27,28)29/h4-13,15,31H,2-3,14H2,1H3,(H,30,33). The Morgan fingerprint density at radius 3 is 2.08 bits per heavy atom. The van der Waals surface area contributed by atoms with E-state index in [4.69, 9.17) is 11.6 Å². The second-order valence-electron chi connectivity index (χ2n) is 8.29. The Hall–Kier alpha value is -3.36. The smallest absolute Gasteiger partial charge is 0.326 e. The molecule has 0 aliphatic rings. The van der Waals surface area contributed by atoms with Crippen molar-refractivity contribution < 1.29 is 39.2 Å². The van der Waals surface area contributed by atoms with Gasteiger partial charge in [-0.1, -0.05) is 11.6 Å². The van der Waals surface area contributed by atoms with Crippen molar-refractivity contribution in [3.8, 4) is 0 Å². The van der Waals surface area contributed by atoms with Crippen molar-refractivity contribution >= 4 is 54.6 Å². The largest absolute Gasteiger partial charge is 0.417 e. The number of hydrogen-bond donors (Lipinski definition) is 2. The van der Waals surface area contributed by atoms with Gasteiger partial charge in [-0.05, 0) is 73.2 Å². The molecule has 0 radical (unpaired) electrons. The van der Waals surface area contributed by atoms with Crippen LogP contribution in [0, 0.1) is 5.82 Å². The lowest BCUT2D eigenvalue weighted by Crippen LogP contribution is -2.31. The molecule has 0 saturated carbocycles. The van der Waals surface area contributed by atoms with Gasteiger partial charge in [0.1, 0.15) is 5.82 Å². The van der Waals surface area contributed by atoms with E-state index in [1.807, 2.05) is 0 Å². The molecule has 2 N–H and O–H groups in total. The molecule has 1 amide bonds. The Morgan fingerprint density at radius 1 is 0.923 bits per heavy atom. The number of carbonyl (C=O) groups excluding carboxylic acids is 1. The highest BCUT2D eigenvalue weighted by Gasteiger charge is 2.33. The van der Waals surface area contributed by atoms with E-state index in [1.165, 1.54) is 24.3 Å². The van der Waals surface area contributed by atoms with Crippen molar-refractivity contribution in [3.63, 3.8) is 0 Å². The zero-order valence-electron chi connectivity index (χ0n) is 20.2. The van der Waals surface area contributed by atoms with Gasteiger partial charge in [0, 0.05) is 24.3 Å². The monoisotopic (exact) mass is 607 g/mol. The Balaban J connectivity index is 1.60. The van der Waals surface area contributed by atoms with Crippen LogP contribution in [0.3, 0.4) is 0 Å². The maximum Gasteiger partial charge on any atom is 0.417 e. The SMILES string of the molecule is CS(=O)(=O)N(CCCC(=O)Nc1ccc(S(=O)(=O)Nc2ccc(Cl)c(C(F)(F)F)c2)cc1)c1ccc(F)cc1. The summed E-state index contributed by atoms with van der Waals surface area (Å²) in [6.45, 7) is -0.0402. The van der Waals surface area contributed by atoms with Crippen LogP contribution in [-0.2, 0) is 31.0 Å². The highest BCUT2D eigenvalue weighted by atomic mass is 35.5. The first-order chi connectivity index (χ1) is 18.1. The third-order valence-corrected chi connectivity index (χ3v) is 8.17. The van der Waals surface area contributed by atoms with E-state index in [1.54, 1.807) is 0 Å². The lowest BCUT2D eigenvalue weighted by Gasteiger charge is -2.22. The van der Waals surface area contributed by atoms with Gasteiger partial charge in [0.05, 0.1) is 27.4 Å². The molecule has 210 valence electrons. The van der Waals surface area contributed by atoms with Crippen LogP contribution in [0.25, 0.3) is 0 Å². The summed E-state index contributed by atoms with van der Waals surface area (Å²) in [4.78, 5) is 12.1. The van der Waals surface area contributed by atoms with Gasteiger partial charge >= 0.3 is 6.18 Å². The number of alkyl halides is 3. The highest BCUT2D eigenvalue weighted by Crippen LogP contribution is 2.36. The van der Waals surface area contributed by atoms with Gasteiger partial charge in [0.2, 0.25) is 15.9 Å². The van der Waals surface area contributed by atoms with Crippen LogP contribution < -0.4 is 14.3 Å². The Bertz CT molecular complexity index is 1550. The number of rotatable bonds is 10. The topological polar surface area (TPSA) is 113 Å². The Morgan fingerprint density at radius 2 is 1.51 bits per heavy atom. The number of benzene rings is 3. The van der Waals surface area contributed by atoms with Gasteiger partial charge in [-0.25, -0.2) is 21.2 Å². The van der Waals surface area contributed by atoms with Crippen LogP contribution >= 0.6 is 11.6 Å². The first kappa shape index (κ1) is 30.2. The van der Waals surface area contributed by atoms with E-state index < -0.39 is 48.5 Å². The lowest BCUT2D eigenvalue weighted by molar-refractivity contribution is -0.137.